The summed E-state index contributed by atoms with van der Waals surface area (Å²) in [6, 6.07) is 3.24. The number of nitrogens with one attached hydrogen (secondary N) is 1. The van der Waals surface area contributed by atoms with Crippen LogP contribution in [-0.2, 0) is 0 Å². The number of rotatable bonds is 6. The van der Waals surface area contributed by atoms with Crippen LogP contribution in [0.25, 0.3) is 0 Å². The normalized spacial score (nSPS) is 14.4. The number of ether oxygens (including phenoxy) is 1. The van der Waals surface area contributed by atoms with Gasteiger partial charge in [-0.2, -0.15) is 0 Å². The Morgan fingerprint density at radius 3 is 2.59 bits per heavy atom. The summed E-state index contributed by atoms with van der Waals surface area (Å²) in [6.45, 7) is 7.22. The van der Waals surface area contributed by atoms with Crippen LogP contribution in [0.15, 0.2) is 18.2 Å². The molecule has 0 radical (unpaired) electrons. The van der Waals surface area contributed by atoms with E-state index in [1.807, 2.05) is 20.8 Å². The van der Waals surface area contributed by atoms with E-state index in [0.717, 1.165) is 24.7 Å². The van der Waals surface area contributed by atoms with Crippen LogP contribution in [0.1, 0.15) is 27.2 Å². The highest BCUT2D eigenvalue weighted by Gasteiger charge is 2.25. The number of halogens is 2. The van der Waals surface area contributed by atoms with E-state index in [9.17, 15) is 8.78 Å². The van der Waals surface area contributed by atoms with Gasteiger partial charge >= 0.3 is 0 Å². The largest absolute Gasteiger partial charge is 0.483 e. The lowest BCUT2D eigenvalue weighted by Crippen LogP contribution is -2.42. The number of hydrogen-bond donors (Lipinski definition) is 1. The maximum Gasteiger partial charge on any atom is 0.165 e. The van der Waals surface area contributed by atoms with E-state index in [0.29, 0.717) is 13.0 Å². The lowest BCUT2D eigenvalue weighted by molar-refractivity contribution is 0.0788. The fraction of sp³-hybridized carbons (Fsp3) is 0.538. The van der Waals surface area contributed by atoms with Crippen LogP contribution < -0.4 is 10.1 Å². The van der Waals surface area contributed by atoms with Crippen molar-refractivity contribution < 1.29 is 13.5 Å². The SMILES string of the molecule is CCNCC(C)(CC)Oc1cc(F)ccc1F. The Morgan fingerprint density at radius 1 is 1.29 bits per heavy atom. The Hall–Kier alpha value is -1.16. The van der Waals surface area contributed by atoms with Gasteiger partial charge in [0.1, 0.15) is 11.4 Å². The van der Waals surface area contributed by atoms with Crippen LogP contribution in [-0.4, -0.2) is 18.7 Å². The highest BCUT2D eigenvalue weighted by molar-refractivity contribution is 5.25. The molecule has 17 heavy (non-hydrogen) atoms. The Balaban J connectivity index is 2.82. The van der Waals surface area contributed by atoms with Crippen molar-refractivity contribution in [3.63, 3.8) is 0 Å². The summed E-state index contributed by atoms with van der Waals surface area (Å²) in [5.41, 5.74) is -0.537. The van der Waals surface area contributed by atoms with Gasteiger partial charge in [-0.1, -0.05) is 13.8 Å². The van der Waals surface area contributed by atoms with Crippen LogP contribution >= 0.6 is 0 Å². The van der Waals surface area contributed by atoms with Gasteiger partial charge in [-0.3, -0.25) is 0 Å². The molecule has 1 rings (SSSR count). The molecule has 0 spiro atoms. The van der Waals surface area contributed by atoms with Gasteiger partial charge in [0.15, 0.2) is 11.6 Å². The molecule has 0 aromatic heterocycles. The Kier molecular flexibility index (Phi) is 4.87. The topological polar surface area (TPSA) is 21.3 Å². The first-order chi connectivity index (χ1) is 8.00. The van der Waals surface area contributed by atoms with Gasteiger partial charge in [-0.05, 0) is 32.0 Å². The predicted molar refractivity (Wildman–Crippen MR) is 64.2 cm³/mol. The van der Waals surface area contributed by atoms with Crippen molar-refractivity contribution in [1.82, 2.24) is 5.32 Å². The van der Waals surface area contributed by atoms with Gasteiger partial charge < -0.3 is 10.1 Å². The monoisotopic (exact) mass is 243 g/mol. The highest BCUT2D eigenvalue weighted by atomic mass is 19.1. The van der Waals surface area contributed by atoms with Crippen molar-refractivity contribution in [3.8, 4) is 5.75 Å². The molecule has 0 amide bonds. The maximum absolute atomic E-state index is 13.4. The third kappa shape index (κ3) is 3.97. The number of hydrogen-bond acceptors (Lipinski definition) is 2. The molecule has 2 nitrogen and oxygen atoms in total. The van der Waals surface area contributed by atoms with Gasteiger partial charge in [-0.15, -0.1) is 0 Å². The molecule has 0 aliphatic rings. The van der Waals surface area contributed by atoms with Crippen LogP contribution in [0.3, 0.4) is 0 Å². The summed E-state index contributed by atoms with van der Waals surface area (Å²) in [4.78, 5) is 0. The molecule has 0 heterocycles. The third-order valence-electron chi connectivity index (χ3n) is 2.75. The van der Waals surface area contributed by atoms with Crippen LogP contribution in [0.4, 0.5) is 8.78 Å². The first-order valence-electron chi connectivity index (χ1n) is 5.85. The minimum absolute atomic E-state index is 0.0350. The first-order valence-corrected chi connectivity index (χ1v) is 5.85. The van der Waals surface area contributed by atoms with Gasteiger partial charge in [0.2, 0.25) is 0 Å². The molecule has 1 N–H and O–H groups in total. The lowest BCUT2D eigenvalue weighted by Gasteiger charge is -2.30. The molecule has 0 saturated carbocycles. The van der Waals surface area contributed by atoms with Crippen molar-refractivity contribution in [2.24, 2.45) is 0 Å². The standard InChI is InChI=1S/C13H19F2NO/c1-4-13(3,9-16-5-2)17-12-8-10(14)6-7-11(12)15/h6-8,16H,4-5,9H2,1-3H3. The van der Waals surface area contributed by atoms with Gasteiger partial charge in [0, 0.05) is 12.6 Å². The average molecular weight is 243 g/mol. The van der Waals surface area contributed by atoms with E-state index in [1.54, 1.807) is 0 Å². The molecule has 1 aromatic rings. The highest BCUT2D eigenvalue weighted by Crippen LogP contribution is 2.24. The summed E-state index contributed by atoms with van der Waals surface area (Å²) < 4.78 is 32.0. The van der Waals surface area contributed by atoms with E-state index >= 15 is 0 Å². The molecule has 0 bridgehead atoms. The van der Waals surface area contributed by atoms with E-state index in [-0.39, 0.29) is 5.75 Å². The molecule has 0 aliphatic heterocycles. The van der Waals surface area contributed by atoms with Gasteiger partial charge in [0.25, 0.3) is 0 Å². The maximum atomic E-state index is 13.4. The van der Waals surface area contributed by atoms with Crippen molar-refractivity contribution in [2.75, 3.05) is 13.1 Å². The summed E-state index contributed by atoms with van der Waals surface area (Å²) in [7, 11) is 0. The third-order valence-corrected chi connectivity index (χ3v) is 2.75. The van der Waals surface area contributed by atoms with Crippen LogP contribution in [0.5, 0.6) is 5.75 Å². The molecule has 1 aromatic carbocycles. The Morgan fingerprint density at radius 2 is 2.00 bits per heavy atom. The molecule has 0 fully saturated rings. The van der Waals surface area contributed by atoms with Crippen molar-refractivity contribution in [3.05, 3.63) is 29.8 Å². The van der Waals surface area contributed by atoms with Crippen LogP contribution in [0, 0.1) is 11.6 Å². The van der Waals surface area contributed by atoms with Gasteiger partial charge in [0.05, 0.1) is 0 Å². The summed E-state index contributed by atoms with van der Waals surface area (Å²) >= 11 is 0. The van der Waals surface area contributed by atoms with E-state index in [2.05, 4.69) is 5.32 Å². The Labute approximate surface area is 101 Å². The van der Waals surface area contributed by atoms with E-state index in [4.69, 9.17) is 4.74 Å². The summed E-state index contributed by atoms with van der Waals surface area (Å²) in [5.74, 6) is -1.07. The summed E-state index contributed by atoms with van der Waals surface area (Å²) in [6.07, 6.45) is 0.704. The quantitative estimate of drug-likeness (QED) is 0.828. The molecular formula is C13H19F2NO. The number of likely N-dealkylation sites (N-methyl/N-ethyl adjacent to an activating group) is 1. The minimum atomic E-state index is -0.539. The fourth-order valence-electron chi connectivity index (χ4n) is 1.44. The molecule has 0 saturated heterocycles. The van der Waals surface area contributed by atoms with Crippen molar-refractivity contribution in [1.29, 1.82) is 0 Å². The van der Waals surface area contributed by atoms with Crippen molar-refractivity contribution >= 4 is 0 Å². The molecule has 0 aliphatic carbocycles. The second-order valence-electron chi connectivity index (χ2n) is 4.26. The molecule has 96 valence electrons. The molecule has 1 atom stereocenters. The number of benzene rings is 1. The lowest BCUT2D eigenvalue weighted by atomic mass is 10.0. The molecule has 1 unspecified atom stereocenters. The molecular weight excluding hydrogens is 224 g/mol. The average Bonchev–Trinajstić information content (AvgIpc) is 2.31. The molecule has 4 heteroatoms. The van der Waals surface area contributed by atoms with Gasteiger partial charge in [-0.25, -0.2) is 8.78 Å². The zero-order valence-electron chi connectivity index (χ0n) is 10.5. The fourth-order valence-corrected chi connectivity index (χ4v) is 1.44. The van der Waals surface area contributed by atoms with E-state index < -0.39 is 17.2 Å². The Bertz CT molecular complexity index is 370. The second kappa shape index (κ2) is 5.96. The van der Waals surface area contributed by atoms with Crippen LogP contribution in [0.2, 0.25) is 0 Å². The second-order valence-corrected chi connectivity index (χ2v) is 4.26. The van der Waals surface area contributed by atoms with Crippen molar-refractivity contribution in [2.45, 2.75) is 32.8 Å². The first kappa shape index (κ1) is 13.9. The zero-order valence-corrected chi connectivity index (χ0v) is 10.5. The smallest absolute Gasteiger partial charge is 0.165 e. The van der Waals surface area contributed by atoms with E-state index in [1.165, 1.54) is 0 Å². The zero-order chi connectivity index (χ0) is 12.9. The minimum Gasteiger partial charge on any atom is -0.483 e. The predicted octanol–water partition coefficient (Wildman–Crippen LogP) is 3.12. The summed E-state index contributed by atoms with van der Waals surface area (Å²) in [5, 5.41) is 3.15.